The molecule has 1 saturated heterocycles. The van der Waals surface area contributed by atoms with Gasteiger partial charge in [0.15, 0.2) is 0 Å². The molecule has 1 aliphatic rings. The van der Waals surface area contributed by atoms with Crippen LogP contribution < -0.4 is 16.0 Å². The van der Waals surface area contributed by atoms with Gasteiger partial charge in [-0.2, -0.15) is 0 Å². The standard InChI is InChI=1S/C17H26ClN3O/c1-3-12(2)16(19)17(22)20-13-7-6-10-21(11-13)15-9-5-4-8-14(15)18/h4-5,8-9,12-13,16H,3,6-7,10-11,19H2,1-2H3,(H,20,22). The number of carbonyl (C=O) groups is 1. The van der Waals surface area contributed by atoms with Crippen molar-refractivity contribution in [3.8, 4) is 0 Å². The van der Waals surface area contributed by atoms with Crippen molar-refractivity contribution in [2.75, 3.05) is 18.0 Å². The van der Waals surface area contributed by atoms with Crippen LogP contribution in [0.1, 0.15) is 33.1 Å². The molecule has 1 heterocycles. The molecule has 0 spiro atoms. The molecule has 5 heteroatoms. The Hall–Kier alpha value is -1.26. The largest absolute Gasteiger partial charge is 0.368 e. The van der Waals surface area contributed by atoms with Gasteiger partial charge in [0.05, 0.1) is 16.8 Å². The number of hydrogen-bond donors (Lipinski definition) is 2. The van der Waals surface area contributed by atoms with Crippen molar-refractivity contribution in [2.24, 2.45) is 11.7 Å². The Balaban J connectivity index is 1.96. The maximum Gasteiger partial charge on any atom is 0.237 e. The zero-order chi connectivity index (χ0) is 16.1. The summed E-state index contributed by atoms with van der Waals surface area (Å²) < 4.78 is 0. The third-order valence-corrected chi connectivity index (χ3v) is 4.84. The van der Waals surface area contributed by atoms with Crippen molar-refractivity contribution in [3.63, 3.8) is 0 Å². The van der Waals surface area contributed by atoms with Gasteiger partial charge in [0.25, 0.3) is 0 Å². The predicted octanol–water partition coefficient (Wildman–Crippen LogP) is 2.80. The lowest BCUT2D eigenvalue weighted by Gasteiger charge is -2.36. The molecular weight excluding hydrogens is 298 g/mol. The van der Waals surface area contributed by atoms with Gasteiger partial charge in [-0.3, -0.25) is 4.79 Å². The smallest absolute Gasteiger partial charge is 0.237 e. The Kier molecular flexibility index (Phi) is 6.09. The minimum absolute atomic E-state index is 0.0413. The monoisotopic (exact) mass is 323 g/mol. The second-order valence-electron chi connectivity index (χ2n) is 6.16. The average molecular weight is 324 g/mol. The number of hydrogen-bond acceptors (Lipinski definition) is 3. The molecule has 0 aliphatic carbocycles. The molecule has 1 aromatic carbocycles. The van der Waals surface area contributed by atoms with Crippen molar-refractivity contribution >= 4 is 23.2 Å². The van der Waals surface area contributed by atoms with Crippen LogP contribution in [0.5, 0.6) is 0 Å². The molecule has 1 aliphatic heterocycles. The van der Waals surface area contributed by atoms with Crippen LogP contribution in [0, 0.1) is 5.92 Å². The van der Waals surface area contributed by atoms with Gasteiger partial charge in [-0.15, -0.1) is 0 Å². The van der Waals surface area contributed by atoms with E-state index in [4.69, 9.17) is 17.3 Å². The van der Waals surface area contributed by atoms with Gasteiger partial charge in [0.2, 0.25) is 5.91 Å². The van der Waals surface area contributed by atoms with Crippen molar-refractivity contribution in [1.29, 1.82) is 0 Å². The highest BCUT2D eigenvalue weighted by Gasteiger charge is 2.26. The Bertz CT molecular complexity index is 508. The first-order valence-electron chi connectivity index (χ1n) is 8.08. The average Bonchev–Trinajstić information content (AvgIpc) is 2.54. The van der Waals surface area contributed by atoms with E-state index >= 15 is 0 Å². The number of halogens is 1. The highest BCUT2D eigenvalue weighted by Crippen LogP contribution is 2.27. The highest BCUT2D eigenvalue weighted by atomic mass is 35.5. The first kappa shape index (κ1) is 17.1. The SMILES string of the molecule is CCC(C)C(N)C(=O)NC1CCCN(c2ccccc2Cl)C1. The van der Waals surface area contributed by atoms with Gasteiger partial charge in [0, 0.05) is 19.1 Å². The summed E-state index contributed by atoms with van der Waals surface area (Å²) in [4.78, 5) is 14.5. The van der Waals surface area contributed by atoms with Crippen LogP contribution in [0.3, 0.4) is 0 Å². The molecule has 4 nitrogen and oxygen atoms in total. The maximum atomic E-state index is 12.2. The quantitative estimate of drug-likeness (QED) is 0.876. The number of para-hydroxylation sites is 1. The Labute approximate surface area is 138 Å². The van der Waals surface area contributed by atoms with Crippen LogP contribution >= 0.6 is 11.6 Å². The van der Waals surface area contributed by atoms with E-state index in [2.05, 4.69) is 17.1 Å². The molecule has 22 heavy (non-hydrogen) atoms. The molecule has 122 valence electrons. The Morgan fingerprint density at radius 1 is 1.50 bits per heavy atom. The zero-order valence-electron chi connectivity index (χ0n) is 13.4. The molecule has 3 unspecified atom stereocenters. The van der Waals surface area contributed by atoms with Gasteiger partial charge in [0.1, 0.15) is 0 Å². The molecule has 0 bridgehead atoms. The molecule has 1 fully saturated rings. The number of rotatable bonds is 5. The fourth-order valence-electron chi connectivity index (χ4n) is 2.83. The lowest BCUT2D eigenvalue weighted by atomic mass is 9.98. The molecule has 0 saturated carbocycles. The Morgan fingerprint density at radius 2 is 2.23 bits per heavy atom. The van der Waals surface area contributed by atoms with Crippen LogP contribution in [0.4, 0.5) is 5.69 Å². The number of amides is 1. The highest BCUT2D eigenvalue weighted by molar-refractivity contribution is 6.33. The van der Waals surface area contributed by atoms with E-state index in [0.29, 0.717) is 0 Å². The van der Waals surface area contributed by atoms with Gasteiger partial charge in [-0.05, 0) is 30.9 Å². The van der Waals surface area contributed by atoms with Crippen LogP contribution in [0.15, 0.2) is 24.3 Å². The summed E-state index contributed by atoms with van der Waals surface area (Å²) in [6.07, 6.45) is 2.93. The van der Waals surface area contributed by atoms with E-state index in [-0.39, 0.29) is 17.9 Å². The second-order valence-corrected chi connectivity index (χ2v) is 6.56. The fraction of sp³-hybridized carbons (Fsp3) is 0.588. The lowest BCUT2D eigenvalue weighted by Crippen LogP contribution is -2.53. The molecule has 3 N–H and O–H groups in total. The molecule has 1 amide bonds. The molecule has 0 radical (unpaired) electrons. The van der Waals surface area contributed by atoms with Gasteiger partial charge in [-0.25, -0.2) is 0 Å². The predicted molar refractivity (Wildman–Crippen MR) is 92.3 cm³/mol. The summed E-state index contributed by atoms with van der Waals surface area (Å²) in [7, 11) is 0. The zero-order valence-corrected chi connectivity index (χ0v) is 14.1. The fourth-order valence-corrected chi connectivity index (χ4v) is 3.09. The molecule has 1 aromatic rings. The molecule has 2 rings (SSSR count). The second kappa shape index (κ2) is 7.84. The minimum Gasteiger partial charge on any atom is -0.368 e. The molecule has 0 aromatic heterocycles. The number of piperidine rings is 1. The third kappa shape index (κ3) is 4.14. The van der Waals surface area contributed by atoms with E-state index in [1.54, 1.807) is 0 Å². The number of benzene rings is 1. The topological polar surface area (TPSA) is 58.4 Å². The number of anilines is 1. The van der Waals surface area contributed by atoms with E-state index in [1.165, 1.54) is 0 Å². The Morgan fingerprint density at radius 3 is 2.91 bits per heavy atom. The number of nitrogens with zero attached hydrogens (tertiary/aromatic N) is 1. The van der Waals surface area contributed by atoms with Gasteiger partial charge < -0.3 is 16.0 Å². The summed E-state index contributed by atoms with van der Waals surface area (Å²) in [5.74, 6) is 0.156. The minimum atomic E-state index is -0.430. The van der Waals surface area contributed by atoms with E-state index < -0.39 is 6.04 Å². The van der Waals surface area contributed by atoms with Gasteiger partial charge >= 0.3 is 0 Å². The van der Waals surface area contributed by atoms with Crippen molar-refractivity contribution in [1.82, 2.24) is 5.32 Å². The lowest BCUT2D eigenvalue weighted by molar-refractivity contribution is -0.124. The summed E-state index contributed by atoms with van der Waals surface area (Å²) in [5, 5.41) is 3.86. The molecule has 3 atom stereocenters. The van der Waals surface area contributed by atoms with Crippen molar-refractivity contribution in [2.45, 2.75) is 45.2 Å². The number of carbonyl (C=O) groups excluding carboxylic acids is 1. The molecular formula is C17H26ClN3O. The first-order valence-corrected chi connectivity index (χ1v) is 8.46. The van der Waals surface area contributed by atoms with Crippen LogP contribution in [-0.4, -0.2) is 31.1 Å². The maximum absolute atomic E-state index is 12.2. The number of nitrogens with two attached hydrogens (primary N) is 1. The van der Waals surface area contributed by atoms with Crippen LogP contribution in [-0.2, 0) is 4.79 Å². The summed E-state index contributed by atoms with van der Waals surface area (Å²) in [5.41, 5.74) is 7.05. The van der Waals surface area contributed by atoms with Crippen LogP contribution in [0.25, 0.3) is 0 Å². The van der Waals surface area contributed by atoms with Crippen molar-refractivity contribution in [3.05, 3.63) is 29.3 Å². The van der Waals surface area contributed by atoms with E-state index in [0.717, 1.165) is 43.1 Å². The number of nitrogens with one attached hydrogen (secondary N) is 1. The van der Waals surface area contributed by atoms with Crippen molar-refractivity contribution < 1.29 is 4.79 Å². The van der Waals surface area contributed by atoms with Gasteiger partial charge in [-0.1, -0.05) is 44.0 Å². The summed E-state index contributed by atoms with van der Waals surface area (Å²) >= 11 is 6.27. The first-order chi connectivity index (χ1) is 10.5. The third-order valence-electron chi connectivity index (χ3n) is 4.52. The summed E-state index contributed by atoms with van der Waals surface area (Å²) in [6.45, 7) is 5.81. The van der Waals surface area contributed by atoms with Crippen LogP contribution in [0.2, 0.25) is 5.02 Å². The normalized spacial score (nSPS) is 21.3. The van der Waals surface area contributed by atoms with E-state index in [1.807, 2.05) is 31.2 Å². The summed E-state index contributed by atoms with van der Waals surface area (Å²) in [6, 6.07) is 7.55. The van der Waals surface area contributed by atoms with E-state index in [9.17, 15) is 4.79 Å².